The lowest BCUT2D eigenvalue weighted by Gasteiger charge is -2.30. The molecule has 0 amide bonds. The summed E-state index contributed by atoms with van der Waals surface area (Å²) in [6, 6.07) is 2.75. The fraction of sp³-hybridized carbons (Fsp3) is 0.364. The summed E-state index contributed by atoms with van der Waals surface area (Å²) in [5, 5.41) is 8.52. The summed E-state index contributed by atoms with van der Waals surface area (Å²) in [6.45, 7) is 0. The van der Waals surface area contributed by atoms with Gasteiger partial charge in [0, 0.05) is 0 Å². The number of rotatable bonds is 5. The van der Waals surface area contributed by atoms with Gasteiger partial charge in [0.1, 0.15) is 5.75 Å². The first-order valence-electron chi connectivity index (χ1n) is 5.27. The highest BCUT2D eigenvalue weighted by molar-refractivity contribution is 5.87. The fourth-order valence-corrected chi connectivity index (χ4v) is 1.20. The molecule has 1 unspecified atom stereocenters. The van der Waals surface area contributed by atoms with Gasteiger partial charge in [0.05, 0.1) is 5.56 Å². The predicted octanol–water partition coefficient (Wildman–Crippen LogP) is 3.89. The maximum absolute atomic E-state index is 13.1. The summed E-state index contributed by atoms with van der Waals surface area (Å²) in [6.07, 6.45) is -11.0. The van der Waals surface area contributed by atoms with E-state index in [9.17, 15) is 39.9 Å². The number of alkyl halides is 8. The van der Waals surface area contributed by atoms with E-state index in [0.717, 1.165) is 12.1 Å². The Morgan fingerprint density at radius 1 is 1.00 bits per heavy atom. The van der Waals surface area contributed by atoms with E-state index in [-0.39, 0.29) is 5.56 Å². The lowest BCUT2D eigenvalue weighted by molar-refractivity contribution is -0.379. The van der Waals surface area contributed by atoms with Gasteiger partial charge in [-0.3, -0.25) is 0 Å². The summed E-state index contributed by atoms with van der Waals surface area (Å²) in [4.78, 5) is 10.5. The van der Waals surface area contributed by atoms with Gasteiger partial charge in [0.15, 0.2) is 0 Å². The van der Waals surface area contributed by atoms with Crippen molar-refractivity contribution in [2.45, 2.75) is 24.4 Å². The van der Waals surface area contributed by atoms with Crippen molar-refractivity contribution in [2.24, 2.45) is 0 Å². The number of carboxylic acids is 1. The van der Waals surface area contributed by atoms with Crippen LogP contribution in [0.1, 0.15) is 10.4 Å². The van der Waals surface area contributed by atoms with E-state index in [4.69, 9.17) is 5.11 Å². The normalized spacial score (nSPS) is 14.5. The first-order valence-corrected chi connectivity index (χ1v) is 5.27. The molecule has 11 heteroatoms. The molecule has 0 aromatic heterocycles. The molecule has 0 bridgehead atoms. The Morgan fingerprint density at radius 3 is 1.82 bits per heavy atom. The van der Waals surface area contributed by atoms with Gasteiger partial charge >= 0.3 is 30.3 Å². The summed E-state index contributed by atoms with van der Waals surface area (Å²) < 4.78 is 103. The van der Waals surface area contributed by atoms with Gasteiger partial charge < -0.3 is 9.84 Å². The van der Waals surface area contributed by atoms with E-state index in [1.807, 2.05) is 0 Å². The molecule has 0 heterocycles. The van der Waals surface area contributed by atoms with Gasteiger partial charge in [0.2, 0.25) is 0 Å². The predicted molar refractivity (Wildman–Crippen MR) is 54.9 cm³/mol. The molecule has 0 aliphatic carbocycles. The maximum atomic E-state index is 13.1. The number of carbonyl (C=O) groups is 1. The second kappa shape index (κ2) is 5.61. The topological polar surface area (TPSA) is 46.5 Å². The molecule has 0 spiro atoms. The van der Waals surface area contributed by atoms with E-state index in [1.54, 1.807) is 0 Å². The molecule has 22 heavy (non-hydrogen) atoms. The molecule has 1 aromatic rings. The highest BCUT2D eigenvalue weighted by Crippen LogP contribution is 2.49. The zero-order valence-electron chi connectivity index (χ0n) is 10.2. The minimum atomic E-state index is -6.68. The Morgan fingerprint density at radius 2 is 1.45 bits per heavy atom. The monoisotopic (exact) mass is 338 g/mol. The molecule has 124 valence electrons. The lowest BCUT2D eigenvalue weighted by Crippen LogP contribution is -2.58. The van der Waals surface area contributed by atoms with Crippen molar-refractivity contribution in [1.82, 2.24) is 0 Å². The second-order valence-corrected chi connectivity index (χ2v) is 3.96. The van der Waals surface area contributed by atoms with Crippen LogP contribution >= 0.6 is 0 Å². The summed E-state index contributed by atoms with van der Waals surface area (Å²) in [5.74, 6) is -15.1. The molecule has 1 aromatic carbocycles. The van der Waals surface area contributed by atoms with Gasteiger partial charge in [-0.2, -0.15) is 35.1 Å². The van der Waals surface area contributed by atoms with Crippen LogP contribution in [0.5, 0.6) is 5.75 Å². The first kappa shape index (κ1) is 18.0. The Hall–Kier alpha value is -2.07. The van der Waals surface area contributed by atoms with Crippen molar-refractivity contribution < 1.29 is 49.8 Å². The van der Waals surface area contributed by atoms with Crippen LogP contribution in [-0.4, -0.2) is 35.5 Å². The van der Waals surface area contributed by atoms with Gasteiger partial charge in [0.25, 0.3) is 0 Å². The fourth-order valence-electron chi connectivity index (χ4n) is 1.20. The van der Waals surface area contributed by atoms with Crippen molar-refractivity contribution in [1.29, 1.82) is 0 Å². The Balaban J connectivity index is 2.96. The van der Waals surface area contributed by atoms with Crippen LogP contribution in [0.25, 0.3) is 0 Å². The smallest absolute Gasteiger partial charge is 0.460 e. The molecule has 0 radical (unpaired) electrons. The average Bonchev–Trinajstić information content (AvgIpc) is 2.37. The molecule has 1 N–H and O–H groups in total. The van der Waals surface area contributed by atoms with Gasteiger partial charge in [-0.25, -0.2) is 4.79 Å². The van der Waals surface area contributed by atoms with Crippen molar-refractivity contribution in [3.8, 4) is 5.75 Å². The number of hydrogen-bond donors (Lipinski definition) is 1. The second-order valence-electron chi connectivity index (χ2n) is 3.96. The molecular weight excluding hydrogens is 332 g/mol. The zero-order chi connectivity index (χ0) is 17.3. The Kier molecular flexibility index (Phi) is 4.59. The quantitative estimate of drug-likeness (QED) is 0.829. The van der Waals surface area contributed by atoms with Gasteiger partial charge in [-0.15, -0.1) is 0 Å². The summed E-state index contributed by atoms with van der Waals surface area (Å²) in [7, 11) is 0. The largest absolute Gasteiger partial charge is 0.478 e. The van der Waals surface area contributed by atoms with E-state index >= 15 is 0 Å². The van der Waals surface area contributed by atoms with Crippen LogP contribution in [0.15, 0.2) is 24.3 Å². The minimum Gasteiger partial charge on any atom is -0.478 e. The first-order chi connectivity index (χ1) is 9.80. The maximum Gasteiger partial charge on any atom is 0.460 e. The third-order valence-corrected chi connectivity index (χ3v) is 2.40. The number of halogens is 8. The Bertz CT molecular complexity index is 537. The molecule has 0 aliphatic rings. The van der Waals surface area contributed by atoms with Crippen LogP contribution < -0.4 is 4.74 Å². The molecular formula is C11H6F8O3. The van der Waals surface area contributed by atoms with Crippen molar-refractivity contribution in [2.75, 3.05) is 0 Å². The molecule has 3 nitrogen and oxygen atoms in total. The highest BCUT2D eigenvalue weighted by Gasteiger charge is 2.77. The molecule has 0 fully saturated rings. The van der Waals surface area contributed by atoms with Crippen LogP contribution in [0, 0.1) is 0 Å². The molecule has 1 atom stereocenters. The third-order valence-electron chi connectivity index (χ3n) is 2.40. The molecule has 0 aliphatic heterocycles. The van der Waals surface area contributed by atoms with Gasteiger partial charge in [-0.1, -0.05) is 0 Å². The third kappa shape index (κ3) is 3.22. The summed E-state index contributed by atoms with van der Waals surface area (Å²) in [5.41, 5.74) is -0.366. The van der Waals surface area contributed by atoms with E-state index < -0.39 is 36.1 Å². The lowest BCUT2D eigenvalue weighted by atomic mass is 10.1. The van der Waals surface area contributed by atoms with E-state index in [1.165, 1.54) is 0 Å². The molecule has 1 rings (SSSR count). The number of ether oxygens (including phenoxy) is 1. The summed E-state index contributed by atoms with van der Waals surface area (Å²) >= 11 is 0. The molecule has 0 saturated carbocycles. The number of benzene rings is 1. The number of hydrogen-bond acceptors (Lipinski definition) is 2. The van der Waals surface area contributed by atoms with Crippen molar-refractivity contribution in [3.05, 3.63) is 29.8 Å². The van der Waals surface area contributed by atoms with E-state index in [0.29, 0.717) is 12.1 Å². The standard InChI is InChI=1S/C11H6F8O3/c12-8(9(13,14)10(15,16)11(17,18)19)22-6-3-1-5(2-4-6)7(20)21/h1-4,8H,(H,20,21). The number of carboxylic acid groups (broad SMARTS) is 1. The highest BCUT2D eigenvalue weighted by atomic mass is 19.4. The van der Waals surface area contributed by atoms with Crippen LogP contribution in [0.3, 0.4) is 0 Å². The zero-order valence-corrected chi connectivity index (χ0v) is 10.2. The van der Waals surface area contributed by atoms with E-state index in [2.05, 4.69) is 4.74 Å². The van der Waals surface area contributed by atoms with Crippen LogP contribution in [0.2, 0.25) is 0 Å². The minimum absolute atomic E-state index is 0.366. The molecule has 0 saturated heterocycles. The van der Waals surface area contributed by atoms with Crippen LogP contribution in [0.4, 0.5) is 35.1 Å². The van der Waals surface area contributed by atoms with Crippen molar-refractivity contribution >= 4 is 5.97 Å². The SMILES string of the molecule is O=C(O)c1ccc(OC(F)C(F)(F)C(F)(F)C(F)(F)F)cc1. The number of aromatic carboxylic acids is 1. The van der Waals surface area contributed by atoms with Crippen LogP contribution in [-0.2, 0) is 0 Å². The average molecular weight is 338 g/mol. The van der Waals surface area contributed by atoms with Crippen molar-refractivity contribution in [3.63, 3.8) is 0 Å². The van der Waals surface area contributed by atoms with Gasteiger partial charge in [-0.05, 0) is 24.3 Å². The Labute approximate surface area is 117 Å².